The SMILES string of the molecule is Cc1nn(-c2ccc(C=O)cc2)nc1C(=O)OC(C)C. The summed E-state index contributed by atoms with van der Waals surface area (Å²) in [5.41, 5.74) is 1.92. The lowest BCUT2D eigenvalue weighted by Gasteiger charge is -2.05. The molecule has 0 atom stereocenters. The van der Waals surface area contributed by atoms with E-state index >= 15 is 0 Å². The van der Waals surface area contributed by atoms with Crippen molar-refractivity contribution < 1.29 is 14.3 Å². The molecule has 0 N–H and O–H groups in total. The molecule has 2 rings (SSSR count). The van der Waals surface area contributed by atoms with Crippen molar-refractivity contribution in [2.24, 2.45) is 0 Å². The van der Waals surface area contributed by atoms with E-state index in [1.807, 2.05) is 0 Å². The number of aromatic nitrogens is 3. The molecule has 0 radical (unpaired) electrons. The molecule has 1 aromatic carbocycles. The van der Waals surface area contributed by atoms with E-state index in [0.717, 1.165) is 6.29 Å². The highest BCUT2D eigenvalue weighted by Gasteiger charge is 2.18. The van der Waals surface area contributed by atoms with Gasteiger partial charge < -0.3 is 4.74 Å². The summed E-state index contributed by atoms with van der Waals surface area (Å²) in [7, 11) is 0. The number of aldehydes is 1. The molecule has 6 nitrogen and oxygen atoms in total. The lowest BCUT2D eigenvalue weighted by Crippen LogP contribution is -2.13. The second-order valence-electron chi connectivity index (χ2n) is 4.59. The standard InChI is InChI=1S/C14H15N3O3/c1-9(2)20-14(19)13-10(3)15-17(16-13)12-6-4-11(8-18)5-7-12/h4-9H,1-3H3. The molecule has 0 saturated carbocycles. The minimum atomic E-state index is -0.492. The Morgan fingerprint density at radius 3 is 2.45 bits per heavy atom. The Labute approximate surface area is 116 Å². The molecule has 0 unspecified atom stereocenters. The van der Waals surface area contributed by atoms with Gasteiger partial charge in [-0.25, -0.2) is 4.79 Å². The molecule has 20 heavy (non-hydrogen) atoms. The molecular weight excluding hydrogens is 258 g/mol. The molecule has 1 aromatic heterocycles. The van der Waals surface area contributed by atoms with Gasteiger partial charge in [0.1, 0.15) is 6.29 Å². The van der Waals surface area contributed by atoms with Crippen molar-refractivity contribution in [1.29, 1.82) is 0 Å². The first-order valence-electron chi connectivity index (χ1n) is 6.22. The summed E-state index contributed by atoms with van der Waals surface area (Å²) in [6.07, 6.45) is 0.552. The molecule has 0 aliphatic heterocycles. The quantitative estimate of drug-likeness (QED) is 0.628. The first-order chi connectivity index (χ1) is 9.51. The van der Waals surface area contributed by atoms with Crippen LogP contribution in [-0.4, -0.2) is 33.4 Å². The number of ether oxygens (including phenoxy) is 1. The Morgan fingerprint density at radius 2 is 1.90 bits per heavy atom. The van der Waals surface area contributed by atoms with E-state index in [9.17, 15) is 9.59 Å². The minimum Gasteiger partial charge on any atom is -0.458 e. The first kappa shape index (κ1) is 13.9. The van der Waals surface area contributed by atoms with E-state index in [4.69, 9.17) is 4.74 Å². The summed E-state index contributed by atoms with van der Waals surface area (Å²) in [5.74, 6) is -0.492. The fraction of sp³-hybridized carbons (Fsp3) is 0.286. The Bertz CT molecular complexity index is 630. The third-order valence-corrected chi connectivity index (χ3v) is 2.58. The molecule has 0 saturated heterocycles. The Balaban J connectivity index is 2.30. The first-order valence-corrected chi connectivity index (χ1v) is 6.22. The molecule has 0 spiro atoms. The average molecular weight is 273 g/mol. The molecule has 2 aromatic rings. The number of esters is 1. The van der Waals surface area contributed by atoms with Crippen LogP contribution in [0.15, 0.2) is 24.3 Å². The summed E-state index contributed by atoms with van der Waals surface area (Å²) in [5, 5.41) is 8.31. The highest BCUT2D eigenvalue weighted by Crippen LogP contribution is 2.11. The normalized spacial score (nSPS) is 10.6. The second-order valence-corrected chi connectivity index (χ2v) is 4.59. The summed E-state index contributed by atoms with van der Waals surface area (Å²) in [6.45, 7) is 5.24. The van der Waals surface area contributed by atoms with Crippen LogP contribution in [0.3, 0.4) is 0 Å². The van der Waals surface area contributed by atoms with Crippen LogP contribution >= 0.6 is 0 Å². The highest BCUT2D eigenvalue weighted by molar-refractivity contribution is 5.88. The molecule has 0 aliphatic rings. The predicted octanol–water partition coefficient (Wildman–Crippen LogP) is 1.95. The van der Waals surface area contributed by atoms with Crippen molar-refractivity contribution >= 4 is 12.3 Å². The van der Waals surface area contributed by atoms with Gasteiger partial charge in [-0.1, -0.05) is 0 Å². The van der Waals surface area contributed by atoms with Crippen molar-refractivity contribution in [2.45, 2.75) is 26.9 Å². The number of hydrogen-bond donors (Lipinski definition) is 0. The number of carbonyl (C=O) groups excluding carboxylic acids is 2. The van der Waals surface area contributed by atoms with E-state index < -0.39 is 5.97 Å². The molecule has 0 fully saturated rings. The van der Waals surface area contributed by atoms with Gasteiger partial charge in [0.15, 0.2) is 5.69 Å². The predicted molar refractivity (Wildman–Crippen MR) is 72.0 cm³/mol. The Kier molecular flexibility index (Phi) is 3.93. The third-order valence-electron chi connectivity index (χ3n) is 2.58. The van der Waals surface area contributed by atoms with Crippen LogP contribution in [0, 0.1) is 6.92 Å². The van der Waals surface area contributed by atoms with Gasteiger partial charge in [-0.3, -0.25) is 4.79 Å². The van der Waals surface area contributed by atoms with Crippen LogP contribution < -0.4 is 0 Å². The zero-order valence-electron chi connectivity index (χ0n) is 11.5. The van der Waals surface area contributed by atoms with Gasteiger partial charge in [-0.2, -0.15) is 9.90 Å². The maximum Gasteiger partial charge on any atom is 0.361 e. The van der Waals surface area contributed by atoms with Crippen molar-refractivity contribution in [3.8, 4) is 5.69 Å². The lowest BCUT2D eigenvalue weighted by atomic mass is 10.2. The maximum atomic E-state index is 11.8. The second kappa shape index (κ2) is 5.64. The van der Waals surface area contributed by atoms with E-state index in [1.54, 1.807) is 45.0 Å². The van der Waals surface area contributed by atoms with Gasteiger partial charge in [0.05, 0.1) is 17.5 Å². The van der Waals surface area contributed by atoms with Gasteiger partial charge in [-0.05, 0) is 45.0 Å². The smallest absolute Gasteiger partial charge is 0.361 e. The molecular formula is C14H15N3O3. The van der Waals surface area contributed by atoms with Crippen molar-refractivity contribution in [3.63, 3.8) is 0 Å². The van der Waals surface area contributed by atoms with E-state index in [0.29, 0.717) is 16.9 Å². The largest absolute Gasteiger partial charge is 0.458 e. The minimum absolute atomic E-state index is 0.193. The summed E-state index contributed by atoms with van der Waals surface area (Å²) >= 11 is 0. The molecule has 0 amide bonds. The summed E-state index contributed by atoms with van der Waals surface area (Å²) < 4.78 is 5.10. The number of benzene rings is 1. The van der Waals surface area contributed by atoms with Crippen molar-refractivity contribution in [2.75, 3.05) is 0 Å². The number of carbonyl (C=O) groups is 2. The fourth-order valence-electron chi connectivity index (χ4n) is 1.64. The summed E-state index contributed by atoms with van der Waals surface area (Å²) in [6, 6.07) is 6.74. The topological polar surface area (TPSA) is 74.1 Å². The van der Waals surface area contributed by atoms with Crippen molar-refractivity contribution in [3.05, 3.63) is 41.2 Å². The monoisotopic (exact) mass is 273 g/mol. The Morgan fingerprint density at radius 1 is 1.25 bits per heavy atom. The van der Waals surface area contributed by atoms with Crippen LogP contribution in [0.1, 0.15) is 40.4 Å². The van der Waals surface area contributed by atoms with Gasteiger partial charge in [0, 0.05) is 5.56 Å². The lowest BCUT2D eigenvalue weighted by molar-refractivity contribution is 0.0369. The zero-order valence-corrected chi connectivity index (χ0v) is 11.5. The van der Waals surface area contributed by atoms with Gasteiger partial charge in [0.2, 0.25) is 0 Å². The number of aryl methyl sites for hydroxylation is 1. The van der Waals surface area contributed by atoms with Gasteiger partial charge in [0.25, 0.3) is 0 Å². The molecule has 6 heteroatoms. The van der Waals surface area contributed by atoms with Gasteiger partial charge >= 0.3 is 5.97 Å². The molecule has 104 valence electrons. The number of nitrogens with zero attached hydrogens (tertiary/aromatic N) is 3. The highest BCUT2D eigenvalue weighted by atomic mass is 16.5. The van der Waals surface area contributed by atoms with Crippen LogP contribution in [0.5, 0.6) is 0 Å². The Hall–Kier alpha value is -2.50. The maximum absolute atomic E-state index is 11.8. The summed E-state index contributed by atoms with van der Waals surface area (Å²) in [4.78, 5) is 23.8. The van der Waals surface area contributed by atoms with Crippen LogP contribution in [-0.2, 0) is 4.74 Å². The van der Waals surface area contributed by atoms with Gasteiger partial charge in [-0.15, -0.1) is 5.10 Å². The van der Waals surface area contributed by atoms with E-state index in [1.165, 1.54) is 4.80 Å². The average Bonchev–Trinajstić information content (AvgIpc) is 2.80. The van der Waals surface area contributed by atoms with Crippen LogP contribution in [0.4, 0.5) is 0 Å². The zero-order chi connectivity index (χ0) is 14.7. The number of hydrogen-bond acceptors (Lipinski definition) is 5. The molecule has 0 aliphatic carbocycles. The van der Waals surface area contributed by atoms with Crippen molar-refractivity contribution in [1.82, 2.24) is 15.0 Å². The molecule has 0 bridgehead atoms. The van der Waals surface area contributed by atoms with Crippen LogP contribution in [0.25, 0.3) is 5.69 Å². The van der Waals surface area contributed by atoms with E-state index in [2.05, 4.69) is 10.2 Å². The number of rotatable bonds is 4. The molecule has 1 heterocycles. The fourth-order valence-corrected chi connectivity index (χ4v) is 1.64. The van der Waals surface area contributed by atoms with E-state index in [-0.39, 0.29) is 11.8 Å². The third kappa shape index (κ3) is 2.90. The van der Waals surface area contributed by atoms with Crippen LogP contribution in [0.2, 0.25) is 0 Å².